The van der Waals surface area contributed by atoms with E-state index < -0.39 is 0 Å². The molecule has 1 aliphatic rings. The summed E-state index contributed by atoms with van der Waals surface area (Å²) in [6.45, 7) is 5.84. The van der Waals surface area contributed by atoms with Gasteiger partial charge in [0, 0.05) is 31.1 Å². The molecule has 3 rings (SSSR count). The number of likely N-dealkylation sites (tertiary alicyclic amines) is 1. The number of benzene rings is 2. The predicted molar refractivity (Wildman–Crippen MR) is 121 cm³/mol. The van der Waals surface area contributed by atoms with Crippen LogP contribution in [0.4, 0.5) is 0 Å². The molecule has 2 aromatic rings. The minimum absolute atomic E-state index is 0.0381. The van der Waals surface area contributed by atoms with Crippen molar-refractivity contribution in [3.05, 3.63) is 59.2 Å². The highest BCUT2D eigenvalue weighted by Crippen LogP contribution is 2.28. The normalized spacial score (nSPS) is 14.2. The minimum atomic E-state index is 0.0381. The molecule has 2 amide bonds. The van der Waals surface area contributed by atoms with E-state index in [4.69, 9.17) is 9.47 Å². The van der Waals surface area contributed by atoms with Crippen molar-refractivity contribution in [1.82, 2.24) is 10.2 Å². The van der Waals surface area contributed by atoms with Gasteiger partial charge in [0.05, 0.1) is 13.7 Å². The molecule has 166 valence electrons. The monoisotopic (exact) mass is 424 g/mol. The summed E-state index contributed by atoms with van der Waals surface area (Å²) in [5, 5.41) is 3.12. The molecule has 0 aromatic heterocycles. The molecule has 6 nitrogen and oxygen atoms in total. The number of rotatable bonds is 8. The highest BCUT2D eigenvalue weighted by Gasteiger charge is 2.24. The maximum atomic E-state index is 12.6. The Kier molecular flexibility index (Phi) is 7.93. The van der Waals surface area contributed by atoms with Crippen LogP contribution in [0.3, 0.4) is 0 Å². The molecule has 31 heavy (non-hydrogen) atoms. The molecular weight excluding hydrogens is 392 g/mol. The Morgan fingerprint density at radius 2 is 1.77 bits per heavy atom. The van der Waals surface area contributed by atoms with Crippen molar-refractivity contribution in [1.29, 1.82) is 0 Å². The topological polar surface area (TPSA) is 67.9 Å². The third-order valence-corrected chi connectivity index (χ3v) is 5.61. The van der Waals surface area contributed by atoms with Gasteiger partial charge in [0.15, 0.2) is 11.5 Å². The molecule has 1 aliphatic heterocycles. The first-order chi connectivity index (χ1) is 15.0. The Bertz CT molecular complexity index is 887. The molecule has 0 bridgehead atoms. The molecule has 1 heterocycles. The van der Waals surface area contributed by atoms with Crippen LogP contribution in [-0.2, 0) is 11.2 Å². The van der Waals surface area contributed by atoms with E-state index in [1.54, 1.807) is 7.11 Å². The summed E-state index contributed by atoms with van der Waals surface area (Å²) in [7, 11) is 1.62. The highest BCUT2D eigenvalue weighted by atomic mass is 16.5. The van der Waals surface area contributed by atoms with E-state index >= 15 is 0 Å². The lowest BCUT2D eigenvalue weighted by Gasteiger charge is -2.32. The maximum absolute atomic E-state index is 12.6. The van der Waals surface area contributed by atoms with Gasteiger partial charge in [-0.25, -0.2) is 0 Å². The zero-order valence-electron chi connectivity index (χ0n) is 18.6. The lowest BCUT2D eigenvalue weighted by atomic mass is 10.0. The van der Waals surface area contributed by atoms with Gasteiger partial charge in [0.2, 0.25) is 5.91 Å². The van der Waals surface area contributed by atoms with Crippen LogP contribution in [0.15, 0.2) is 42.5 Å². The highest BCUT2D eigenvalue weighted by molar-refractivity contribution is 5.94. The zero-order valence-corrected chi connectivity index (χ0v) is 18.6. The van der Waals surface area contributed by atoms with Gasteiger partial charge in [-0.3, -0.25) is 9.59 Å². The Morgan fingerprint density at radius 1 is 1.06 bits per heavy atom. The van der Waals surface area contributed by atoms with Gasteiger partial charge in [-0.05, 0) is 62.9 Å². The second kappa shape index (κ2) is 10.8. The summed E-state index contributed by atoms with van der Waals surface area (Å²) in [5.41, 5.74) is 2.90. The Balaban J connectivity index is 1.44. The van der Waals surface area contributed by atoms with Crippen molar-refractivity contribution in [2.24, 2.45) is 0 Å². The first-order valence-electron chi connectivity index (χ1n) is 10.9. The second-order valence-electron chi connectivity index (χ2n) is 7.92. The van der Waals surface area contributed by atoms with Gasteiger partial charge < -0.3 is 19.7 Å². The maximum Gasteiger partial charge on any atom is 0.253 e. The first-order valence-corrected chi connectivity index (χ1v) is 10.9. The number of nitrogens with zero attached hydrogens (tertiary/aromatic N) is 1. The molecule has 2 aromatic carbocycles. The average molecular weight is 425 g/mol. The van der Waals surface area contributed by atoms with Crippen LogP contribution >= 0.6 is 0 Å². The molecule has 1 saturated heterocycles. The van der Waals surface area contributed by atoms with Crippen LogP contribution < -0.4 is 14.8 Å². The van der Waals surface area contributed by atoms with E-state index in [1.165, 1.54) is 0 Å². The molecule has 0 saturated carbocycles. The third-order valence-electron chi connectivity index (χ3n) is 5.61. The predicted octanol–water partition coefficient (Wildman–Crippen LogP) is 3.76. The van der Waals surface area contributed by atoms with Crippen molar-refractivity contribution in [3.8, 4) is 11.5 Å². The lowest BCUT2D eigenvalue weighted by Crippen LogP contribution is -2.46. The minimum Gasteiger partial charge on any atom is -0.493 e. The van der Waals surface area contributed by atoms with Gasteiger partial charge in [-0.15, -0.1) is 0 Å². The average Bonchev–Trinajstić information content (AvgIpc) is 2.79. The summed E-state index contributed by atoms with van der Waals surface area (Å²) in [6, 6.07) is 13.6. The van der Waals surface area contributed by atoms with Crippen molar-refractivity contribution in [3.63, 3.8) is 0 Å². The SMILES string of the molecule is CCOc1ccc(CCC(=O)NC2CCN(C(=O)c3ccc(C)cc3)CC2)cc1OC. The summed E-state index contributed by atoms with van der Waals surface area (Å²) in [4.78, 5) is 26.9. The smallest absolute Gasteiger partial charge is 0.253 e. The fourth-order valence-electron chi connectivity index (χ4n) is 3.81. The number of hydrogen-bond donors (Lipinski definition) is 1. The third kappa shape index (κ3) is 6.23. The summed E-state index contributed by atoms with van der Waals surface area (Å²) < 4.78 is 10.9. The van der Waals surface area contributed by atoms with Crippen LogP contribution in [0.25, 0.3) is 0 Å². The van der Waals surface area contributed by atoms with Crippen molar-refractivity contribution in [2.45, 2.75) is 45.6 Å². The molecule has 1 fully saturated rings. The number of aryl methyl sites for hydroxylation is 2. The molecular formula is C25H32N2O4. The fraction of sp³-hybridized carbons (Fsp3) is 0.440. The summed E-state index contributed by atoms with van der Waals surface area (Å²) >= 11 is 0. The molecule has 0 unspecified atom stereocenters. The van der Waals surface area contributed by atoms with E-state index in [1.807, 2.05) is 61.2 Å². The first kappa shape index (κ1) is 22.7. The molecule has 0 atom stereocenters. The number of carbonyl (C=O) groups excluding carboxylic acids is 2. The lowest BCUT2D eigenvalue weighted by molar-refractivity contribution is -0.122. The number of ether oxygens (including phenoxy) is 2. The zero-order chi connectivity index (χ0) is 22.2. The number of hydrogen-bond acceptors (Lipinski definition) is 4. The Hall–Kier alpha value is -3.02. The number of methoxy groups -OCH3 is 1. The summed E-state index contributed by atoms with van der Waals surface area (Å²) in [5.74, 6) is 1.50. The van der Waals surface area contributed by atoms with Gasteiger partial charge >= 0.3 is 0 Å². The van der Waals surface area contributed by atoms with E-state index in [0.29, 0.717) is 44.0 Å². The Labute approximate surface area is 184 Å². The molecule has 0 spiro atoms. The largest absolute Gasteiger partial charge is 0.493 e. The second-order valence-corrected chi connectivity index (χ2v) is 7.92. The van der Waals surface area contributed by atoms with E-state index in [0.717, 1.165) is 29.5 Å². The van der Waals surface area contributed by atoms with Gasteiger partial charge in [-0.1, -0.05) is 23.8 Å². The van der Waals surface area contributed by atoms with Gasteiger partial charge in [0.25, 0.3) is 5.91 Å². The van der Waals surface area contributed by atoms with Crippen molar-refractivity contribution < 1.29 is 19.1 Å². The molecule has 0 aliphatic carbocycles. The summed E-state index contributed by atoms with van der Waals surface area (Å²) in [6.07, 6.45) is 2.61. The number of piperidine rings is 1. The van der Waals surface area contributed by atoms with Crippen molar-refractivity contribution >= 4 is 11.8 Å². The molecule has 1 N–H and O–H groups in total. The van der Waals surface area contributed by atoms with Crippen LogP contribution in [0, 0.1) is 6.92 Å². The van der Waals surface area contributed by atoms with Crippen LogP contribution in [-0.4, -0.2) is 49.6 Å². The van der Waals surface area contributed by atoms with E-state index in [-0.39, 0.29) is 17.9 Å². The Morgan fingerprint density at radius 3 is 2.42 bits per heavy atom. The number of amides is 2. The fourth-order valence-corrected chi connectivity index (χ4v) is 3.81. The standard InChI is InChI=1S/C25H32N2O4/c1-4-31-22-11-7-19(17-23(22)30-3)8-12-24(28)26-21-13-15-27(16-14-21)25(29)20-9-5-18(2)6-10-20/h5-7,9-11,17,21H,4,8,12-16H2,1-3H3,(H,26,28). The number of carbonyl (C=O) groups is 2. The van der Waals surface area contributed by atoms with Crippen molar-refractivity contribution in [2.75, 3.05) is 26.8 Å². The quantitative estimate of drug-likeness (QED) is 0.701. The molecule has 0 radical (unpaired) electrons. The molecule has 6 heteroatoms. The van der Waals surface area contributed by atoms with Crippen LogP contribution in [0.5, 0.6) is 11.5 Å². The van der Waals surface area contributed by atoms with Gasteiger partial charge in [-0.2, -0.15) is 0 Å². The van der Waals surface area contributed by atoms with E-state index in [9.17, 15) is 9.59 Å². The van der Waals surface area contributed by atoms with Gasteiger partial charge in [0.1, 0.15) is 0 Å². The van der Waals surface area contributed by atoms with E-state index in [2.05, 4.69) is 5.32 Å². The van der Waals surface area contributed by atoms with Crippen LogP contribution in [0.1, 0.15) is 47.7 Å². The number of nitrogens with one attached hydrogen (secondary N) is 1. The van der Waals surface area contributed by atoms with Crippen LogP contribution in [0.2, 0.25) is 0 Å².